The van der Waals surface area contributed by atoms with E-state index in [1.165, 1.54) is 5.56 Å². The fraction of sp³-hybridized carbons (Fsp3) is 0.417. The Bertz CT molecular complexity index is 867. The molecule has 0 saturated heterocycles. The Hall–Kier alpha value is -2.37. The summed E-state index contributed by atoms with van der Waals surface area (Å²) in [5.41, 5.74) is 9.61. The van der Waals surface area contributed by atoms with Gasteiger partial charge in [-0.1, -0.05) is 49.7 Å². The van der Waals surface area contributed by atoms with Gasteiger partial charge in [0.15, 0.2) is 0 Å². The van der Waals surface area contributed by atoms with Crippen LogP contribution in [-0.4, -0.2) is 35.8 Å². The van der Waals surface area contributed by atoms with Gasteiger partial charge in [-0.05, 0) is 61.1 Å². The fourth-order valence-electron chi connectivity index (χ4n) is 3.18. The van der Waals surface area contributed by atoms with E-state index in [1.54, 1.807) is 23.1 Å². The topological polar surface area (TPSA) is 75.4 Å². The molecule has 162 valence electrons. The maximum absolute atomic E-state index is 12.9. The molecule has 0 aliphatic rings. The average Bonchev–Trinajstić information content (AvgIpc) is 2.74. The third kappa shape index (κ3) is 7.15. The molecule has 0 spiro atoms. The number of nitrogens with one attached hydrogen (secondary N) is 1. The number of aryl methyl sites for hydroxylation is 2. The van der Waals surface area contributed by atoms with Crippen LogP contribution in [0.5, 0.6) is 0 Å². The highest BCUT2D eigenvalue weighted by Gasteiger charge is 2.17. The van der Waals surface area contributed by atoms with Crippen LogP contribution in [0.3, 0.4) is 0 Å². The van der Waals surface area contributed by atoms with Crippen molar-refractivity contribution < 1.29 is 9.59 Å². The van der Waals surface area contributed by atoms with Gasteiger partial charge in [-0.15, -0.1) is 0 Å². The highest BCUT2D eigenvalue weighted by atomic mass is 35.5. The van der Waals surface area contributed by atoms with Crippen LogP contribution in [0.25, 0.3) is 0 Å². The van der Waals surface area contributed by atoms with Crippen molar-refractivity contribution >= 4 is 23.4 Å². The summed E-state index contributed by atoms with van der Waals surface area (Å²) >= 11 is 6.13. The third-order valence-electron chi connectivity index (χ3n) is 5.07. The molecule has 3 N–H and O–H groups in total. The SMILES string of the molecule is CCc1cccc(CN(CC[C@H](C)N)C(=O)CNC(=O)c2ccc(Cl)c(CC)c2)c1. The summed E-state index contributed by atoms with van der Waals surface area (Å²) in [6.45, 7) is 6.99. The summed E-state index contributed by atoms with van der Waals surface area (Å²) in [4.78, 5) is 27.2. The predicted molar refractivity (Wildman–Crippen MR) is 123 cm³/mol. The van der Waals surface area contributed by atoms with Crippen LogP contribution in [0.4, 0.5) is 0 Å². The van der Waals surface area contributed by atoms with Gasteiger partial charge in [0.1, 0.15) is 0 Å². The second-order valence-electron chi connectivity index (χ2n) is 7.60. The number of benzene rings is 2. The lowest BCUT2D eigenvalue weighted by molar-refractivity contribution is -0.130. The van der Waals surface area contributed by atoms with Crippen molar-refractivity contribution in [1.29, 1.82) is 0 Å². The standard InChI is InChI=1S/C24H32ClN3O2/c1-4-18-7-6-8-19(13-18)16-28(12-11-17(3)26)23(29)15-27-24(30)21-9-10-22(25)20(5-2)14-21/h6-10,13-14,17H,4-5,11-12,15-16,26H2,1-3H3,(H,27,30)/t17-/m0/s1. The molecule has 0 fully saturated rings. The van der Waals surface area contributed by atoms with Gasteiger partial charge in [0.2, 0.25) is 5.91 Å². The fourth-order valence-corrected chi connectivity index (χ4v) is 3.43. The second kappa shape index (κ2) is 11.7. The first-order valence-electron chi connectivity index (χ1n) is 10.5. The maximum atomic E-state index is 12.9. The van der Waals surface area contributed by atoms with Gasteiger partial charge >= 0.3 is 0 Å². The minimum absolute atomic E-state index is 0.00148. The van der Waals surface area contributed by atoms with E-state index >= 15 is 0 Å². The molecule has 0 radical (unpaired) electrons. The molecule has 0 unspecified atom stereocenters. The van der Waals surface area contributed by atoms with E-state index in [1.807, 2.05) is 26.0 Å². The number of hydrogen-bond acceptors (Lipinski definition) is 3. The van der Waals surface area contributed by atoms with Crippen LogP contribution in [0, 0.1) is 0 Å². The van der Waals surface area contributed by atoms with Crippen LogP contribution >= 0.6 is 11.6 Å². The zero-order chi connectivity index (χ0) is 22.1. The van der Waals surface area contributed by atoms with E-state index < -0.39 is 0 Å². The molecular weight excluding hydrogens is 398 g/mol. The molecule has 0 heterocycles. The molecule has 30 heavy (non-hydrogen) atoms. The summed E-state index contributed by atoms with van der Waals surface area (Å²) in [5, 5.41) is 3.38. The number of nitrogens with zero attached hydrogens (tertiary/aromatic N) is 1. The largest absolute Gasteiger partial charge is 0.343 e. The summed E-state index contributed by atoms with van der Waals surface area (Å²) < 4.78 is 0. The van der Waals surface area contributed by atoms with Gasteiger partial charge in [0.25, 0.3) is 5.91 Å². The predicted octanol–water partition coefficient (Wildman–Crippen LogP) is 3.96. The van der Waals surface area contributed by atoms with Crippen molar-refractivity contribution in [2.24, 2.45) is 5.73 Å². The molecule has 2 aromatic carbocycles. The Morgan fingerprint density at radius 1 is 1.10 bits per heavy atom. The summed E-state index contributed by atoms with van der Waals surface area (Å²) in [5.74, 6) is -0.412. The Kier molecular flexibility index (Phi) is 9.34. The number of halogens is 1. The van der Waals surface area contributed by atoms with Crippen LogP contribution in [0.1, 0.15) is 54.2 Å². The van der Waals surface area contributed by atoms with Crippen molar-refractivity contribution in [2.75, 3.05) is 13.1 Å². The van der Waals surface area contributed by atoms with E-state index in [9.17, 15) is 9.59 Å². The Labute approximate surface area is 184 Å². The lowest BCUT2D eigenvalue weighted by Gasteiger charge is -2.24. The normalized spacial score (nSPS) is 11.8. The number of hydrogen-bond donors (Lipinski definition) is 2. The van der Waals surface area contributed by atoms with Crippen LogP contribution < -0.4 is 11.1 Å². The Morgan fingerprint density at radius 3 is 2.50 bits per heavy atom. The van der Waals surface area contributed by atoms with Gasteiger partial charge in [-0.2, -0.15) is 0 Å². The number of rotatable bonds is 10. The van der Waals surface area contributed by atoms with E-state index in [2.05, 4.69) is 24.4 Å². The smallest absolute Gasteiger partial charge is 0.251 e. The van der Waals surface area contributed by atoms with E-state index in [4.69, 9.17) is 17.3 Å². The monoisotopic (exact) mass is 429 g/mol. The first kappa shape index (κ1) is 23.9. The molecule has 1 atom stereocenters. The summed E-state index contributed by atoms with van der Waals surface area (Å²) in [6.07, 6.45) is 2.38. The van der Waals surface area contributed by atoms with Gasteiger partial charge in [-0.25, -0.2) is 0 Å². The lowest BCUT2D eigenvalue weighted by Crippen LogP contribution is -2.41. The Morgan fingerprint density at radius 2 is 1.83 bits per heavy atom. The number of carbonyl (C=O) groups is 2. The summed E-state index contributed by atoms with van der Waals surface area (Å²) in [6, 6.07) is 13.4. The molecule has 0 aromatic heterocycles. The van der Waals surface area contributed by atoms with Crippen molar-refractivity contribution in [2.45, 2.75) is 52.6 Å². The van der Waals surface area contributed by atoms with Crippen molar-refractivity contribution in [3.63, 3.8) is 0 Å². The molecule has 0 aliphatic carbocycles. The molecular formula is C24H32ClN3O2. The van der Waals surface area contributed by atoms with Gasteiger partial charge in [0.05, 0.1) is 6.54 Å². The Balaban J connectivity index is 2.04. The zero-order valence-electron chi connectivity index (χ0n) is 18.1. The van der Waals surface area contributed by atoms with Crippen LogP contribution in [0.15, 0.2) is 42.5 Å². The van der Waals surface area contributed by atoms with E-state index in [0.29, 0.717) is 30.1 Å². The second-order valence-corrected chi connectivity index (χ2v) is 8.00. The molecule has 6 heteroatoms. The van der Waals surface area contributed by atoms with E-state index in [0.717, 1.165) is 24.0 Å². The van der Waals surface area contributed by atoms with Gasteiger partial charge in [0, 0.05) is 29.7 Å². The number of carbonyl (C=O) groups excluding carboxylic acids is 2. The molecule has 0 bridgehead atoms. The summed E-state index contributed by atoms with van der Waals surface area (Å²) in [7, 11) is 0. The van der Waals surface area contributed by atoms with Crippen molar-refractivity contribution in [3.8, 4) is 0 Å². The molecule has 2 amide bonds. The van der Waals surface area contributed by atoms with Gasteiger partial charge < -0.3 is 16.0 Å². The molecule has 0 aliphatic heterocycles. The average molecular weight is 430 g/mol. The lowest BCUT2D eigenvalue weighted by atomic mass is 10.1. The van der Waals surface area contributed by atoms with Crippen molar-refractivity contribution in [1.82, 2.24) is 10.2 Å². The first-order valence-corrected chi connectivity index (χ1v) is 10.9. The van der Waals surface area contributed by atoms with Crippen LogP contribution in [0.2, 0.25) is 5.02 Å². The van der Waals surface area contributed by atoms with Crippen molar-refractivity contribution in [3.05, 3.63) is 69.7 Å². The minimum atomic E-state index is -0.283. The first-order chi connectivity index (χ1) is 14.3. The zero-order valence-corrected chi connectivity index (χ0v) is 18.8. The number of nitrogens with two attached hydrogens (primary N) is 1. The third-order valence-corrected chi connectivity index (χ3v) is 5.44. The molecule has 5 nitrogen and oxygen atoms in total. The highest BCUT2D eigenvalue weighted by molar-refractivity contribution is 6.31. The minimum Gasteiger partial charge on any atom is -0.343 e. The molecule has 2 rings (SSSR count). The quantitative estimate of drug-likeness (QED) is 0.600. The highest BCUT2D eigenvalue weighted by Crippen LogP contribution is 2.18. The molecule has 0 saturated carbocycles. The van der Waals surface area contributed by atoms with Crippen LogP contribution in [-0.2, 0) is 24.2 Å². The maximum Gasteiger partial charge on any atom is 0.251 e. The molecule has 2 aromatic rings. The number of amides is 2. The van der Waals surface area contributed by atoms with Gasteiger partial charge in [-0.3, -0.25) is 9.59 Å². The van der Waals surface area contributed by atoms with E-state index in [-0.39, 0.29) is 24.4 Å².